The van der Waals surface area contributed by atoms with Crippen LogP contribution >= 0.6 is 0 Å². The summed E-state index contributed by atoms with van der Waals surface area (Å²) in [5.41, 5.74) is -0.788. The predicted molar refractivity (Wildman–Crippen MR) is 121 cm³/mol. The van der Waals surface area contributed by atoms with Crippen molar-refractivity contribution in [3.63, 3.8) is 0 Å². The Kier molecular flexibility index (Phi) is 8.64. The van der Waals surface area contributed by atoms with Crippen molar-refractivity contribution in [1.82, 2.24) is 5.32 Å². The lowest BCUT2D eigenvalue weighted by atomic mass is 10.1. The summed E-state index contributed by atoms with van der Waals surface area (Å²) < 4.78 is 77.9. The van der Waals surface area contributed by atoms with E-state index in [1.54, 1.807) is 6.07 Å². The molecule has 34 heavy (non-hydrogen) atoms. The third-order valence-corrected chi connectivity index (χ3v) is 4.96. The number of benzene rings is 2. The van der Waals surface area contributed by atoms with E-state index in [9.17, 15) is 36.0 Å². The normalized spacial score (nSPS) is 11.8. The van der Waals surface area contributed by atoms with Gasteiger partial charge in [-0.15, -0.1) is 0 Å². The molecule has 0 bridgehead atoms. The Morgan fingerprint density at radius 1 is 1.21 bits per heavy atom. The second kappa shape index (κ2) is 11.0. The lowest BCUT2D eigenvalue weighted by Gasteiger charge is -2.13. The molecule has 2 aromatic rings. The molecule has 0 atom stereocenters. The smallest absolute Gasteiger partial charge is 0.385 e. The van der Waals surface area contributed by atoms with Crippen LogP contribution in [-0.2, 0) is 27.5 Å². The first kappa shape index (κ1) is 26.7. The van der Waals surface area contributed by atoms with E-state index in [4.69, 9.17) is 0 Å². The molecule has 0 saturated heterocycles. The van der Waals surface area contributed by atoms with Crippen molar-refractivity contribution in [2.24, 2.45) is 0 Å². The van der Waals surface area contributed by atoms with Crippen molar-refractivity contribution >= 4 is 33.4 Å². The van der Waals surface area contributed by atoms with E-state index >= 15 is 0 Å². The van der Waals surface area contributed by atoms with Crippen LogP contribution in [0.5, 0.6) is 0 Å². The summed E-state index contributed by atoms with van der Waals surface area (Å²) in [6, 6.07) is 7.01. The highest BCUT2D eigenvalue weighted by atomic mass is 32.2. The second-order valence-electron chi connectivity index (χ2n) is 7.26. The maximum Gasteiger partial charge on any atom is 0.416 e. The number of hydrogen-bond acceptors (Lipinski definition) is 5. The summed E-state index contributed by atoms with van der Waals surface area (Å²) in [6.45, 7) is 2.11. The quantitative estimate of drug-likeness (QED) is 0.354. The summed E-state index contributed by atoms with van der Waals surface area (Å²) in [5, 5.41) is 14.5. The molecule has 0 fully saturated rings. The van der Waals surface area contributed by atoms with Crippen molar-refractivity contribution in [3.05, 3.63) is 64.5 Å². The van der Waals surface area contributed by atoms with Gasteiger partial charge in [-0.3, -0.25) is 9.52 Å². The standard InChI is InChI=1S/C22H22F4N4O3S/c1-3-8-28-19-11-17(22(24,25)26)6-4-15(19)5-7-20(31)29-13-14-9-16(12-27)21(18(23)10-14)30-34(2,32)33/h4-7,9-11,28,30H,3,8,13H2,1-2H3,(H,29,31). The van der Waals surface area contributed by atoms with Gasteiger partial charge in [0.2, 0.25) is 15.9 Å². The highest BCUT2D eigenvalue weighted by Crippen LogP contribution is 2.32. The fourth-order valence-corrected chi connectivity index (χ4v) is 3.42. The first-order valence-corrected chi connectivity index (χ1v) is 11.8. The molecule has 182 valence electrons. The van der Waals surface area contributed by atoms with Gasteiger partial charge in [-0.2, -0.15) is 18.4 Å². The molecule has 7 nitrogen and oxygen atoms in total. The number of sulfonamides is 1. The topological polar surface area (TPSA) is 111 Å². The third kappa shape index (κ3) is 7.77. The monoisotopic (exact) mass is 498 g/mol. The number of nitriles is 1. The molecule has 0 unspecified atom stereocenters. The van der Waals surface area contributed by atoms with Crippen molar-refractivity contribution in [3.8, 4) is 6.07 Å². The molecular weight excluding hydrogens is 476 g/mol. The number of carbonyl (C=O) groups is 1. The van der Waals surface area contributed by atoms with Gasteiger partial charge in [0.25, 0.3) is 0 Å². The SMILES string of the molecule is CCCNc1cc(C(F)(F)F)ccc1C=CC(=O)NCc1cc(F)c(NS(C)(=O)=O)c(C#N)c1. The van der Waals surface area contributed by atoms with Gasteiger partial charge in [-0.25, -0.2) is 12.8 Å². The molecule has 0 aromatic heterocycles. The molecule has 0 heterocycles. The van der Waals surface area contributed by atoms with Gasteiger partial charge in [-0.05, 0) is 47.9 Å². The van der Waals surface area contributed by atoms with Crippen LogP contribution in [0.2, 0.25) is 0 Å². The number of anilines is 2. The fourth-order valence-electron chi connectivity index (χ4n) is 2.85. The van der Waals surface area contributed by atoms with Crippen molar-refractivity contribution < 1.29 is 30.8 Å². The number of halogens is 4. The number of hydrogen-bond donors (Lipinski definition) is 3. The van der Waals surface area contributed by atoms with Gasteiger partial charge in [0.05, 0.1) is 17.4 Å². The molecule has 0 aliphatic carbocycles. The Labute approximate surface area is 194 Å². The van der Waals surface area contributed by atoms with Crippen LogP contribution < -0.4 is 15.4 Å². The van der Waals surface area contributed by atoms with Crippen LogP contribution in [0, 0.1) is 17.1 Å². The molecule has 0 radical (unpaired) electrons. The number of amides is 1. The van der Waals surface area contributed by atoms with Gasteiger partial charge < -0.3 is 10.6 Å². The zero-order valence-electron chi connectivity index (χ0n) is 18.3. The Balaban J connectivity index is 2.15. The summed E-state index contributed by atoms with van der Waals surface area (Å²) in [6.07, 6.45) is -0.561. The van der Waals surface area contributed by atoms with E-state index in [1.807, 2.05) is 11.6 Å². The zero-order valence-corrected chi connectivity index (χ0v) is 19.1. The van der Waals surface area contributed by atoms with E-state index in [2.05, 4.69) is 10.6 Å². The first-order valence-electron chi connectivity index (χ1n) is 9.95. The minimum atomic E-state index is -4.51. The lowest BCUT2D eigenvalue weighted by molar-refractivity contribution is -0.137. The number of alkyl halides is 3. The Bertz CT molecular complexity index is 1240. The van der Waals surface area contributed by atoms with E-state index < -0.39 is 39.2 Å². The van der Waals surface area contributed by atoms with Crippen LogP contribution in [0.25, 0.3) is 6.08 Å². The van der Waals surface area contributed by atoms with Gasteiger partial charge >= 0.3 is 6.18 Å². The highest BCUT2D eigenvalue weighted by Gasteiger charge is 2.30. The maximum absolute atomic E-state index is 14.3. The summed E-state index contributed by atoms with van der Waals surface area (Å²) in [5.74, 6) is -1.60. The third-order valence-electron chi connectivity index (χ3n) is 4.39. The van der Waals surface area contributed by atoms with Crippen molar-refractivity contribution in [2.45, 2.75) is 26.1 Å². The highest BCUT2D eigenvalue weighted by molar-refractivity contribution is 7.92. The number of nitrogens with one attached hydrogen (secondary N) is 3. The van der Waals surface area contributed by atoms with Gasteiger partial charge in [0, 0.05) is 24.9 Å². The average molecular weight is 499 g/mol. The van der Waals surface area contributed by atoms with E-state index in [0.29, 0.717) is 18.5 Å². The minimum absolute atomic E-state index is 0.179. The van der Waals surface area contributed by atoms with Gasteiger partial charge in [0.15, 0.2) is 0 Å². The Morgan fingerprint density at radius 3 is 2.50 bits per heavy atom. The number of nitrogens with zero attached hydrogens (tertiary/aromatic N) is 1. The Hall–Kier alpha value is -3.59. The largest absolute Gasteiger partial charge is 0.416 e. The molecule has 1 amide bonds. The lowest BCUT2D eigenvalue weighted by Crippen LogP contribution is -2.21. The molecule has 12 heteroatoms. The van der Waals surface area contributed by atoms with Crippen molar-refractivity contribution in [2.75, 3.05) is 22.8 Å². The van der Waals surface area contributed by atoms with E-state index in [1.165, 1.54) is 18.2 Å². The fraction of sp³-hybridized carbons (Fsp3) is 0.273. The molecule has 0 saturated carbocycles. The number of carbonyl (C=O) groups excluding carboxylic acids is 1. The Morgan fingerprint density at radius 2 is 1.91 bits per heavy atom. The molecule has 0 aliphatic rings. The number of rotatable bonds is 9. The van der Waals surface area contributed by atoms with Crippen LogP contribution in [0.1, 0.15) is 35.6 Å². The molecular formula is C22H22F4N4O3S. The molecule has 3 N–H and O–H groups in total. The summed E-state index contributed by atoms with van der Waals surface area (Å²) in [4.78, 5) is 12.2. The first-order chi connectivity index (χ1) is 15.8. The zero-order chi connectivity index (χ0) is 25.5. The van der Waals surface area contributed by atoms with Crippen LogP contribution in [0.4, 0.5) is 28.9 Å². The van der Waals surface area contributed by atoms with Crippen LogP contribution in [-0.4, -0.2) is 27.1 Å². The molecule has 0 aliphatic heterocycles. The maximum atomic E-state index is 14.3. The molecule has 2 aromatic carbocycles. The van der Waals surface area contributed by atoms with Crippen LogP contribution in [0.15, 0.2) is 36.4 Å². The summed E-state index contributed by atoms with van der Waals surface area (Å²) >= 11 is 0. The van der Waals surface area contributed by atoms with Gasteiger partial charge in [-0.1, -0.05) is 13.0 Å². The predicted octanol–water partition coefficient (Wildman–Crippen LogP) is 4.24. The minimum Gasteiger partial charge on any atom is -0.385 e. The van der Waals surface area contributed by atoms with Crippen molar-refractivity contribution in [1.29, 1.82) is 5.26 Å². The van der Waals surface area contributed by atoms with E-state index in [0.717, 1.165) is 30.5 Å². The molecule has 2 rings (SSSR count). The molecule has 0 spiro atoms. The average Bonchev–Trinajstić information content (AvgIpc) is 2.75. The van der Waals surface area contributed by atoms with E-state index in [-0.39, 0.29) is 23.4 Å². The van der Waals surface area contributed by atoms with Crippen LogP contribution in [0.3, 0.4) is 0 Å². The summed E-state index contributed by atoms with van der Waals surface area (Å²) in [7, 11) is -3.81. The van der Waals surface area contributed by atoms with Gasteiger partial charge in [0.1, 0.15) is 17.6 Å². The second-order valence-corrected chi connectivity index (χ2v) is 9.01.